The number of piperidine rings is 1. The molecule has 2 heterocycles. The Morgan fingerprint density at radius 2 is 2.33 bits per heavy atom. The van der Waals surface area contributed by atoms with Gasteiger partial charge in [0.1, 0.15) is 11.5 Å². The third-order valence-electron chi connectivity index (χ3n) is 3.39. The van der Waals surface area contributed by atoms with Crippen molar-refractivity contribution in [1.29, 1.82) is 0 Å². The van der Waals surface area contributed by atoms with E-state index in [1.807, 2.05) is 19.1 Å². The molecule has 2 rings (SSSR count). The highest BCUT2D eigenvalue weighted by molar-refractivity contribution is 5.82. The number of rotatable bonds is 2. The fraction of sp³-hybridized carbons (Fsp3) is 0.583. The molecule has 0 spiro atoms. The smallest absolute Gasteiger partial charge is 0.138 e. The number of carbonyl (C=O) groups is 1. The maximum Gasteiger partial charge on any atom is 0.138 e. The van der Waals surface area contributed by atoms with Crippen LogP contribution >= 0.6 is 0 Å². The molecule has 1 fully saturated rings. The Morgan fingerprint density at radius 3 is 3.00 bits per heavy atom. The lowest BCUT2D eigenvalue weighted by atomic mass is 9.91. The van der Waals surface area contributed by atoms with Gasteiger partial charge in [-0.1, -0.05) is 6.92 Å². The fourth-order valence-electron chi connectivity index (χ4n) is 2.10. The van der Waals surface area contributed by atoms with Gasteiger partial charge in [0.15, 0.2) is 0 Å². The van der Waals surface area contributed by atoms with Crippen molar-refractivity contribution in [2.45, 2.75) is 32.9 Å². The van der Waals surface area contributed by atoms with Crippen LogP contribution in [0.5, 0.6) is 0 Å². The molecule has 2 atom stereocenters. The number of nitrogens with zero attached hydrogens (tertiary/aromatic N) is 1. The Hall–Kier alpha value is -1.09. The van der Waals surface area contributed by atoms with Gasteiger partial charge < -0.3 is 4.42 Å². The summed E-state index contributed by atoms with van der Waals surface area (Å²) in [6.45, 7) is 5.79. The minimum Gasteiger partial charge on any atom is -0.468 e. The Bertz CT molecular complexity index is 331. The second-order valence-electron chi connectivity index (χ2n) is 4.30. The first kappa shape index (κ1) is 10.4. The molecular formula is C12H17NO2. The summed E-state index contributed by atoms with van der Waals surface area (Å²) in [6.07, 6.45) is 2.37. The van der Waals surface area contributed by atoms with Crippen LogP contribution in [0.15, 0.2) is 22.8 Å². The molecule has 0 saturated carbocycles. The Labute approximate surface area is 90.1 Å². The Morgan fingerprint density at radius 1 is 1.53 bits per heavy atom. The van der Waals surface area contributed by atoms with E-state index >= 15 is 0 Å². The topological polar surface area (TPSA) is 33.5 Å². The van der Waals surface area contributed by atoms with Crippen LogP contribution in [0.1, 0.15) is 26.0 Å². The van der Waals surface area contributed by atoms with E-state index in [9.17, 15) is 4.79 Å². The second-order valence-corrected chi connectivity index (χ2v) is 4.30. The summed E-state index contributed by atoms with van der Waals surface area (Å²) in [5, 5.41) is 0. The number of furan rings is 1. The predicted molar refractivity (Wildman–Crippen MR) is 57.4 cm³/mol. The minimum absolute atomic E-state index is 0.147. The van der Waals surface area contributed by atoms with Crippen LogP contribution in [0.2, 0.25) is 0 Å². The molecule has 3 heteroatoms. The van der Waals surface area contributed by atoms with Gasteiger partial charge in [-0.25, -0.2) is 0 Å². The molecule has 0 aliphatic carbocycles. The van der Waals surface area contributed by atoms with Crippen LogP contribution in [0.3, 0.4) is 0 Å². The predicted octanol–water partition coefficient (Wildman–Crippen LogP) is 2.08. The monoisotopic (exact) mass is 207 g/mol. The van der Waals surface area contributed by atoms with Gasteiger partial charge >= 0.3 is 0 Å². The molecule has 1 aliphatic rings. The highest BCUT2D eigenvalue weighted by atomic mass is 16.3. The number of hydrogen-bond donors (Lipinski definition) is 0. The number of Topliss-reactive ketones (excluding diaryl/α,β-unsaturated/α-hetero) is 1. The third kappa shape index (κ3) is 2.12. The first-order chi connectivity index (χ1) is 7.18. The molecule has 0 unspecified atom stereocenters. The van der Waals surface area contributed by atoms with Gasteiger partial charge in [0.25, 0.3) is 0 Å². The van der Waals surface area contributed by atoms with Crippen molar-refractivity contribution in [2.24, 2.45) is 5.92 Å². The van der Waals surface area contributed by atoms with Crippen molar-refractivity contribution < 1.29 is 9.21 Å². The average Bonchev–Trinajstić information content (AvgIpc) is 2.72. The van der Waals surface area contributed by atoms with Crippen molar-refractivity contribution >= 4 is 5.78 Å². The highest BCUT2D eigenvalue weighted by Gasteiger charge is 2.30. The maximum absolute atomic E-state index is 11.5. The highest BCUT2D eigenvalue weighted by Crippen LogP contribution is 2.22. The summed E-state index contributed by atoms with van der Waals surface area (Å²) in [5.41, 5.74) is 0. The lowest BCUT2D eigenvalue weighted by Gasteiger charge is -2.36. The van der Waals surface area contributed by atoms with Crippen molar-refractivity contribution in [2.75, 3.05) is 6.54 Å². The van der Waals surface area contributed by atoms with Gasteiger partial charge in [-0.05, 0) is 19.1 Å². The van der Waals surface area contributed by atoms with Gasteiger partial charge in [-0.15, -0.1) is 0 Å². The van der Waals surface area contributed by atoms with Crippen LogP contribution in [0.25, 0.3) is 0 Å². The molecule has 0 N–H and O–H groups in total. The number of hydrogen-bond acceptors (Lipinski definition) is 3. The lowest BCUT2D eigenvalue weighted by molar-refractivity contribution is -0.128. The Balaban J connectivity index is 2.01. The second kappa shape index (κ2) is 4.19. The summed E-state index contributed by atoms with van der Waals surface area (Å²) >= 11 is 0. The van der Waals surface area contributed by atoms with Crippen LogP contribution in [0.4, 0.5) is 0 Å². The molecule has 0 bridgehead atoms. The summed E-state index contributed by atoms with van der Waals surface area (Å²) in [5.74, 6) is 1.51. The van der Waals surface area contributed by atoms with Crippen LogP contribution < -0.4 is 0 Å². The number of likely N-dealkylation sites (tertiary alicyclic amines) is 1. The van der Waals surface area contributed by atoms with E-state index < -0.39 is 0 Å². The average molecular weight is 207 g/mol. The summed E-state index contributed by atoms with van der Waals surface area (Å²) in [7, 11) is 0. The molecule has 0 amide bonds. The fourth-order valence-corrected chi connectivity index (χ4v) is 2.10. The third-order valence-corrected chi connectivity index (χ3v) is 3.39. The lowest BCUT2D eigenvalue weighted by Crippen LogP contribution is -2.46. The molecule has 1 aromatic heterocycles. The largest absolute Gasteiger partial charge is 0.468 e. The van der Waals surface area contributed by atoms with E-state index in [1.54, 1.807) is 6.26 Å². The molecular weight excluding hydrogens is 190 g/mol. The van der Waals surface area contributed by atoms with Gasteiger partial charge in [-0.2, -0.15) is 0 Å². The van der Waals surface area contributed by atoms with Crippen LogP contribution in [-0.2, 0) is 11.3 Å². The van der Waals surface area contributed by atoms with Crippen LogP contribution in [0, 0.1) is 5.92 Å². The Kier molecular flexibility index (Phi) is 2.91. The normalized spacial score (nSPS) is 28.3. The molecule has 15 heavy (non-hydrogen) atoms. The zero-order chi connectivity index (χ0) is 10.8. The number of ketones is 1. The van der Waals surface area contributed by atoms with Gasteiger partial charge in [-0.3, -0.25) is 9.69 Å². The van der Waals surface area contributed by atoms with E-state index in [2.05, 4.69) is 11.8 Å². The van der Waals surface area contributed by atoms with Gasteiger partial charge in [0.05, 0.1) is 12.8 Å². The first-order valence-electron chi connectivity index (χ1n) is 5.47. The molecule has 0 aromatic carbocycles. The van der Waals surface area contributed by atoms with E-state index in [0.29, 0.717) is 18.2 Å². The molecule has 82 valence electrons. The quantitative estimate of drug-likeness (QED) is 0.744. The SMILES string of the molecule is C[C@@H]1C(=O)CCN(Cc2ccco2)[C@H]1C. The van der Waals surface area contributed by atoms with Gasteiger partial charge in [0, 0.05) is 24.9 Å². The van der Waals surface area contributed by atoms with Crippen molar-refractivity contribution in [3.05, 3.63) is 24.2 Å². The standard InChI is InChI=1S/C12H17NO2/c1-9-10(2)13(6-5-12(9)14)8-11-4-3-7-15-11/h3-4,7,9-10H,5-6,8H2,1-2H3/t9-,10-/m0/s1. The molecule has 3 nitrogen and oxygen atoms in total. The molecule has 0 radical (unpaired) electrons. The maximum atomic E-state index is 11.5. The molecule has 1 saturated heterocycles. The van der Waals surface area contributed by atoms with Crippen molar-refractivity contribution in [3.8, 4) is 0 Å². The van der Waals surface area contributed by atoms with E-state index in [0.717, 1.165) is 18.8 Å². The minimum atomic E-state index is 0.147. The number of carbonyl (C=O) groups excluding carboxylic acids is 1. The summed E-state index contributed by atoms with van der Waals surface area (Å²) in [6, 6.07) is 4.20. The summed E-state index contributed by atoms with van der Waals surface area (Å²) in [4.78, 5) is 13.8. The van der Waals surface area contributed by atoms with Crippen molar-refractivity contribution in [1.82, 2.24) is 4.90 Å². The van der Waals surface area contributed by atoms with E-state index in [-0.39, 0.29) is 5.92 Å². The van der Waals surface area contributed by atoms with E-state index in [1.165, 1.54) is 0 Å². The first-order valence-corrected chi connectivity index (χ1v) is 5.47. The van der Waals surface area contributed by atoms with Crippen molar-refractivity contribution in [3.63, 3.8) is 0 Å². The van der Waals surface area contributed by atoms with E-state index in [4.69, 9.17) is 4.42 Å². The van der Waals surface area contributed by atoms with Gasteiger partial charge in [0.2, 0.25) is 0 Å². The molecule has 1 aliphatic heterocycles. The zero-order valence-corrected chi connectivity index (χ0v) is 9.27. The summed E-state index contributed by atoms with van der Waals surface area (Å²) < 4.78 is 5.32. The zero-order valence-electron chi connectivity index (χ0n) is 9.27. The van der Waals surface area contributed by atoms with Crippen LogP contribution in [-0.4, -0.2) is 23.3 Å². The molecule has 1 aromatic rings.